The number of nitrogens with one attached hydrogen (secondary N) is 1. The van der Waals surface area contributed by atoms with E-state index in [2.05, 4.69) is 40.9 Å². The van der Waals surface area contributed by atoms with Crippen molar-refractivity contribution in [3.8, 4) is 22.4 Å². The summed E-state index contributed by atoms with van der Waals surface area (Å²) in [7, 11) is 0. The first-order chi connectivity index (χ1) is 18.0. The van der Waals surface area contributed by atoms with Gasteiger partial charge in [-0.3, -0.25) is 14.6 Å². The van der Waals surface area contributed by atoms with Gasteiger partial charge in [0.05, 0.1) is 11.4 Å². The molecule has 0 aliphatic rings. The quantitative estimate of drug-likeness (QED) is 0.261. The summed E-state index contributed by atoms with van der Waals surface area (Å²) < 4.78 is 6.91. The summed E-state index contributed by atoms with van der Waals surface area (Å²) in [5.41, 5.74) is 10.8. The summed E-state index contributed by atoms with van der Waals surface area (Å²) >= 11 is 1.27. The number of amides is 1. The van der Waals surface area contributed by atoms with E-state index < -0.39 is 0 Å². The van der Waals surface area contributed by atoms with Crippen molar-refractivity contribution >= 4 is 49.8 Å². The molecule has 0 saturated heterocycles. The minimum atomic E-state index is -0.363. The van der Waals surface area contributed by atoms with Gasteiger partial charge in [0.15, 0.2) is 6.04 Å². The van der Waals surface area contributed by atoms with Crippen LogP contribution in [0.2, 0.25) is 0 Å². The molecule has 6 aromatic rings. The first kappa shape index (κ1) is 22.9. The number of nitrogens with zero attached hydrogens (tertiary/aromatic N) is 3. The second kappa shape index (κ2) is 9.15. The number of pyridine rings is 1. The van der Waals surface area contributed by atoms with Crippen LogP contribution in [0.5, 0.6) is 0 Å². The number of rotatable bonds is 5. The van der Waals surface area contributed by atoms with E-state index in [0.29, 0.717) is 15.4 Å². The number of carbonyl (C=O) groups excluding carboxylic acids is 1. The number of aromatic nitrogens is 3. The maximum atomic E-state index is 13.3. The molecule has 0 radical (unpaired) electrons. The summed E-state index contributed by atoms with van der Waals surface area (Å²) in [6, 6.07) is 26.6. The summed E-state index contributed by atoms with van der Waals surface area (Å²) in [4.78, 5) is 19.3. The lowest BCUT2D eigenvalue weighted by Crippen LogP contribution is -2.36. The smallest absolute Gasteiger partial charge is 0.302 e. The van der Waals surface area contributed by atoms with E-state index in [1.54, 1.807) is 10.9 Å². The Morgan fingerprint density at radius 1 is 1.00 bits per heavy atom. The molecule has 0 aliphatic heterocycles. The minimum absolute atomic E-state index is 0.105. The fourth-order valence-corrected chi connectivity index (χ4v) is 5.46. The Morgan fingerprint density at radius 3 is 2.54 bits per heavy atom. The highest BCUT2D eigenvalue weighted by Crippen LogP contribution is 2.42. The van der Waals surface area contributed by atoms with Gasteiger partial charge in [0.1, 0.15) is 9.71 Å². The van der Waals surface area contributed by atoms with Crippen molar-refractivity contribution in [1.29, 1.82) is 0 Å². The van der Waals surface area contributed by atoms with Crippen molar-refractivity contribution in [3.63, 3.8) is 0 Å². The van der Waals surface area contributed by atoms with Crippen LogP contribution < -0.4 is 15.7 Å². The Kier molecular flexibility index (Phi) is 5.65. The van der Waals surface area contributed by atoms with Gasteiger partial charge in [0, 0.05) is 10.9 Å². The molecule has 182 valence electrons. The van der Waals surface area contributed by atoms with Gasteiger partial charge in [-0.1, -0.05) is 72.8 Å². The van der Waals surface area contributed by atoms with Crippen LogP contribution in [0, 0.1) is 0 Å². The highest BCUT2D eigenvalue weighted by molar-refractivity contribution is 7.21. The van der Waals surface area contributed by atoms with Gasteiger partial charge in [0.25, 0.3) is 12.1 Å². The highest BCUT2D eigenvalue weighted by atomic mass is 32.1. The van der Waals surface area contributed by atoms with Gasteiger partial charge in [-0.05, 0) is 46.5 Å². The Hall–Kier alpha value is -4.56. The standard InChI is InChI=1S/C29H23N5O2S/c1-17(2)34-16-24(36-33-34)32-28(35)27-26(30)25-22(19-9-4-3-5-10-19)15-23(31-29(25)37-27)21-14-8-12-18-11-6-7-13-20(18)21/h3-17H,1-2H3,(H2-,30,32,33,35)/p+1. The number of nitrogens with two attached hydrogens (primary N) is 1. The van der Waals surface area contributed by atoms with Gasteiger partial charge in [-0.2, -0.15) is 0 Å². The third-order valence-electron chi connectivity index (χ3n) is 6.30. The Labute approximate surface area is 217 Å². The third-order valence-corrected chi connectivity index (χ3v) is 7.40. The molecule has 0 atom stereocenters. The number of carbonyl (C=O) groups is 1. The third kappa shape index (κ3) is 4.11. The first-order valence-electron chi connectivity index (χ1n) is 12.0. The van der Waals surface area contributed by atoms with Gasteiger partial charge >= 0.3 is 5.88 Å². The molecule has 0 spiro atoms. The maximum Gasteiger partial charge on any atom is 0.302 e. The molecular formula is C29H24N5O2S+. The van der Waals surface area contributed by atoms with Crippen LogP contribution in [-0.4, -0.2) is 16.2 Å². The van der Waals surface area contributed by atoms with E-state index in [1.807, 2.05) is 62.4 Å². The summed E-state index contributed by atoms with van der Waals surface area (Å²) in [6.07, 6.45) is 1.65. The highest BCUT2D eigenvalue weighted by Gasteiger charge is 2.24. The normalized spacial score (nSPS) is 11.4. The Morgan fingerprint density at radius 2 is 1.76 bits per heavy atom. The SMILES string of the molecule is CC(C)[n+]1cc(NC(=O)c2sc3nc(-c4cccc5ccccc45)cc(-c4ccccc4)c3c2N)on1. The average Bonchev–Trinajstić information content (AvgIpc) is 3.53. The molecule has 1 amide bonds. The molecule has 3 aromatic heterocycles. The van der Waals surface area contributed by atoms with E-state index >= 15 is 0 Å². The molecule has 37 heavy (non-hydrogen) atoms. The van der Waals surface area contributed by atoms with Crippen LogP contribution in [0.3, 0.4) is 0 Å². The predicted octanol–water partition coefficient (Wildman–Crippen LogP) is 6.47. The van der Waals surface area contributed by atoms with Crippen LogP contribution >= 0.6 is 11.3 Å². The van der Waals surface area contributed by atoms with Crippen molar-refractivity contribution < 1.29 is 14.0 Å². The number of thiophene rings is 1. The topological polar surface area (TPSA) is 97.9 Å². The number of anilines is 2. The largest absolute Gasteiger partial charge is 0.397 e. The summed E-state index contributed by atoms with van der Waals surface area (Å²) in [5, 5.41) is 9.73. The summed E-state index contributed by atoms with van der Waals surface area (Å²) in [6.45, 7) is 3.95. The molecule has 0 fully saturated rings. The predicted molar refractivity (Wildman–Crippen MR) is 147 cm³/mol. The molecule has 3 aromatic carbocycles. The molecule has 3 N–H and O–H groups in total. The Bertz CT molecular complexity index is 1770. The van der Waals surface area contributed by atoms with Gasteiger partial charge < -0.3 is 5.73 Å². The Balaban J connectivity index is 1.52. The summed E-state index contributed by atoms with van der Waals surface area (Å²) in [5.74, 6) is -0.110. The van der Waals surface area contributed by atoms with Crippen LogP contribution in [0.15, 0.2) is 89.6 Å². The molecular weight excluding hydrogens is 482 g/mol. The average molecular weight is 507 g/mol. The fourth-order valence-electron chi connectivity index (χ4n) is 4.45. The maximum absolute atomic E-state index is 13.3. The molecule has 0 aliphatic carbocycles. The van der Waals surface area contributed by atoms with E-state index in [0.717, 1.165) is 38.5 Å². The first-order valence-corrected chi connectivity index (χ1v) is 12.8. The second-order valence-electron chi connectivity index (χ2n) is 9.07. The lowest BCUT2D eigenvalue weighted by atomic mass is 9.97. The van der Waals surface area contributed by atoms with Crippen molar-refractivity contribution in [2.75, 3.05) is 11.1 Å². The zero-order valence-electron chi connectivity index (χ0n) is 20.3. The molecule has 3 heterocycles. The number of hydrogen-bond acceptors (Lipinski definition) is 6. The van der Waals surface area contributed by atoms with Crippen LogP contribution in [-0.2, 0) is 0 Å². The van der Waals surface area contributed by atoms with Crippen LogP contribution in [0.25, 0.3) is 43.4 Å². The van der Waals surface area contributed by atoms with Crippen molar-refractivity contribution in [2.24, 2.45) is 0 Å². The van der Waals surface area contributed by atoms with Gasteiger partial charge in [-0.15, -0.1) is 11.3 Å². The van der Waals surface area contributed by atoms with Crippen molar-refractivity contribution in [1.82, 2.24) is 10.3 Å². The molecule has 8 heteroatoms. The lowest BCUT2D eigenvalue weighted by molar-refractivity contribution is -0.779. The van der Waals surface area contributed by atoms with E-state index in [9.17, 15) is 4.79 Å². The molecule has 0 saturated carbocycles. The van der Waals surface area contributed by atoms with Crippen molar-refractivity contribution in [3.05, 3.63) is 89.9 Å². The molecule has 0 bridgehead atoms. The van der Waals surface area contributed by atoms with Crippen molar-refractivity contribution in [2.45, 2.75) is 19.9 Å². The number of hydrogen-bond donors (Lipinski definition) is 2. The van der Waals surface area contributed by atoms with Gasteiger partial charge in [-0.25, -0.2) is 4.98 Å². The second-order valence-corrected chi connectivity index (χ2v) is 10.1. The molecule has 0 unspecified atom stereocenters. The van der Waals surface area contributed by atoms with E-state index in [-0.39, 0.29) is 17.8 Å². The van der Waals surface area contributed by atoms with Gasteiger partial charge in [0.2, 0.25) is 5.27 Å². The number of nitrogen functional groups attached to an aromatic ring is 1. The zero-order valence-corrected chi connectivity index (χ0v) is 21.1. The van der Waals surface area contributed by atoms with Crippen LogP contribution in [0.4, 0.5) is 11.6 Å². The van der Waals surface area contributed by atoms with E-state index in [4.69, 9.17) is 15.2 Å². The monoisotopic (exact) mass is 506 g/mol. The number of fused-ring (bicyclic) bond motifs is 2. The zero-order chi connectivity index (χ0) is 25.5. The minimum Gasteiger partial charge on any atom is -0.397 e. The van der Waals surface area contributed by atoms with Crippen LogP contribution in [0.1, 0.15) is 29.6 Å². The van der Waals surface area contributed by atoms with E-state index in [1.165, 1.54) is 11.3 Å². The fraction of sp³-hybridized carbons (Fsp3) is 0.103. The molecule has 7 nitrogen and oxygen atoms in total. The lowest BCUT2D eigenvalue weighted by Gasteiger charge is -2.11. The molecule has 6 rings (SSSR count). The number of benzene rings is 3.